The summed E-state index contributed by atoms with van der Waals surface area (Å²) in [5, 5.41) is 1.05. The van der Waals surface area contributed by atoms with Gasteiger partial charge < -0.3 is 14.4 Å². The second kappa shape index (κ2) is 8.80. The molecule has 2 saturated heterocycles. The molecular formula is C26H31N5O2S. The summed E-state index contributed by atoms with van der Waals surface area (Å²) >= 11 is 1.51. The number of aromatic nitrogens is 3. The average Bonchev–Trinajstić information content (AvgIpc) is 3.16. The van der Waals surface area contributed by atoms with Gasteiger partial charge in [-0.3, -0.25) is 9.59 Å². The van der Waals surface area contributed by atoms with E-state index in [1.807, 2.05) is 21.6 Å². The standard InChI is InChI=1S/C26H31N5O2S/c1-17-22-24(29-10-5-3-2-4-6-11-29)27-16-28-25(22)34-23(17)26(33)30-13-18-12-19(15-30)20-8-7-9-21(32)31(20)14-18/h7-9,16,18-19H,2-6,10-15H2,1H3/t18-,19+/m0/s1. The number of hydrogen-bond acceptors (Lipinski definition) is 6. The third-order valence-corrected chi connectivity index (χ3v) is 9.01. The van der Waals surface area contributed by atoms with E-state index >= 15 is 0 Å². The monoisotopic (exact) mass is 477 g/mol. The Kier molecular flexibility index (Phi) is 5.63. The minimum atomic E-state index is 0.0719. The van der Waals surface area contributed by atoms with Crippen LogP contribution in [0.4, 0.5) is 5.82 Å². The van der Waals surface area contributed by atoms with E-state index in [-0.39, 0.29) is 17.4 Å². The first-order chi connectivity index (χ1) is 16.6. The zero-order valence-corrected chi connectivity index (χ0v) is 20.5. The van der Waals surface area contributed by atoms with Crippen LogP contribution in [0.25, 0.3) is 10.2 Å². The summed E-state index contributed by atoms with van der Waals surface area (Å²) in [7, 11) is 0. The van der Waals surface area contributed by atoms with Crippen LogP contribution in [0.15, 0.2) is 29.3 Å². The van der Waals surface area contributed by atoms with Crippen LogP contribution in [0, 0.1) is 12.8 Å². The number of likely N-dealkylation sites (tertiary alicyclic amines) is 1. The Hall–Kier alpha value is -2.74. The predicted octanol–water partition coefficient (Wildman–Crippen LogP) is 4.19. The van der Waals surface area contributed by atoms with Gasteiger partial charge in [0, 0.05) is 50.4 Å². The molecule has 178 valence electrons. The van der Waals surface area contributed by atoms with Crippen LogP contribution < -0.4 is 10.5 Å². The third-order valence-electron chi connectivity index (χ3n) is 7.82. The smallest absolute Gasteiger partial charge is 0.264 e. The number of fused-ring (bicyclic) bond motifs is 5. The van der Waals surface area contributed by atoms with Crippen LogP contribution in [0.5, 0.6) is 0 Å². The van der Waals surface area contributed by atoms with Crippen molar-refractivity contribution in [3.05, 3.63) is 51.0 Å². The Bertz CT molecular complexity index is 1290. The summed E-state index contributed by atoms with van der Waals surface area (Å²) in [6.45, 7) is 6.15. The van der Waals surface area contributed by atoms with Gasteiger partial charge in [0.1, 0.15) is 17.0 Å². The van der Waals surface area contributed by atoms with Crippen LogP contribution >= 0.6 is 11.3 Å². The molecule has 6 heterocycles. The van der Waals surface area contributed by atoms with Gasteiger partial charge in [-0.2, -0.15) is 0 Å². The lowest BCUT2D eigenvalue weighted by atomic mass is 9.83. The molecule has 34 heavy (non-hydrogen) atoms. The topological polar surface area (TPSA) is 71.3 Å². The van der Waals surface area contributed by atoms with Crippen molar-refractivity contribution in [2.75, 3.05) is 31.1 Å². The quantitative estimate of drug-likeness (QED) is 0.553. The number of thiophene rings is 1. The van der Waals surface area contributed by atoms with Crippen LogP contribution in [-0.2, 0) is 6.54 Å². The number of carbonyl (C=O) groups is 1. The summed E-state index contributed by atoms with van der Waals surface area (Å²) in [5.41, 5.74) is 2.15. The minimum Gasteiger partial charge on any atom is -0.356 e. The molecule has 2 bridgehead atoms. The number of hydrogen-bond donors (Lipinski definition) is 0. The molecule has 2 atom stereocenters. The van der Waals surface area contributed by atoms with Crippen LogP contribution in [0.1, 0.15) is 65.4 Å². The van der Waals surface area contributed by atoms with Crippen LogP contribution in [0.2, 0.25) is 0 Å². The lowest BCUT2D eigenvalue weighted by Crippen LogP contribution is -2.49. The number of rotatable bonds is 2. The van der Waals surface area contributed by atoms with E-state index < -0.39 is 0 Å². The molecule has 0 spiro atoms. The number of nitrogens with zero attached hydrogens (tertiary/aromatic N) is 5. The maximum atomic E-state index is 13.8. The molecule has 0 aromatic carbocycles. The molecule has 8 heteroatoms. The fraction of sp³-hybridized carbons (Fsp3) is 0.538. The molecule has 3 aliphatic heterocycles. The van der Waals surface area contributed by atoms with Crippen LogP contribution in [0.3, 0.4) is 0 Å². The van der Waals surface area contributed by atoms with E-state index in [1.165, 1.54) is 43.4 Å². The number of carbonyl (C=O) groups excluding carboxylic acids is 1. The summed E-state index contributed by atoms with van der Waals surface area (Å²) in [6.07, 6.45) is 8.92. The Morgan fingerprint density at radius 1 is 1.03 bits per heavy atom. The fourth-order valence-corrected chi connectivity index (χ4v) is 7.27. The van der Waals surface area contributed by atoms with E-state index in [0.717, 1.165) is 51.7 Å². The van der Waals surface area contributed by atoms with Gasteiger partial charge in [0.25, 0.3) is 11.5 Å². The Labute approximate surface area is 203 Å². The lowest BCUT2D eigenvalue weighted by molar-refractivity contribution is 0.0599. The van der Waals surface area contributed by atoms with Gasteiger partial charge >= 0.3 is 0 Å². The van der Waals surface area contributed by atoms with Crippen molar-refractivity contribution in [3.8, 4) is 0 Å². The normalized spacial score (nSPS) is 22.9. The van der Waals surface area contributed by atoms with E-state index in [9.17, 15) is 9.59 Å². The number of amides is 1. The first-order valence-electron chi connectivity index (χ1n) is 12.6. The number of pyridine rings is 1. The van der Waals surface area contributed by atoms with Crippen molar-refractivity contribution in [2.24, 2.45) is 5.92 Å². The van der Waals surface area contributed by atoms with Crippen molar-refractivity contribution < 1.29 is 4.79 Å². The van der Waals surface area contributed by atoms with Gasteiger partial charge in [0.05, 0.1) is 10.3 Å². The molecule has 3 aromatic heterocycles. The molecule has 3 aliphatic rings. The largest absolute Gasteiger partial charge is 0.356 e. The number of anilines is 1. The summed E-state index contributed by atoms with van der Waals surface area (Å²) in [4.78, 5) is 41.5. The van der Waals surface area contributed by atoms with Crippen molar-refractivity contribution >= 4 is 33.3 Å². The van der Waals surface area contributed by atoms with Crippen molar-refractivity contribution in [1.82, 2.24) is 19.4 Å². The van der Waals surface area contributed by atoms with E-state index in [1.54, 1.807) is 12.4 Å². The van der Waals surface area contributed by atoms with E-state index in [0.29, 0.717) is 25.6 Å². The Morgan fingerprint density at radius 3 is 2.65 bits per heavy atom. The molecule has 0 aliphatic carbocycles. The highest BCUT2D eigenvalue weighted by molar-refractivity contribution is 7.20. The first-order valence-corrected chi connectivity index (χ1v) is 13.4. The third kappa shape index (κ3) is 3.72. The lowest BCUT2D eigenvalue weighted by Gasteiger charge is -2.42. The summed E-state index contributed by atoms with van der Waals surface area (Å²) < 4.78 is 1.91. The zero-order chi connectivity index (χ0) is 23.2. The predicted molar refractivity (Wildman–Crippen MR) is 135 cm³/mol. The molecule has 7 nitrogen and oxygen atoms in total. The zero-order valence-electron chi connectivity index (χ0n) is 19.7. The van der Waals surface area contributed by atoms with E-state index in [4.69, 9.17) is 4.98 Å². The number of piperidine rings is 1. The Balaban J connectivity index is 1.31. The molecule has 0 N–H and O–H groups in total. The van der Waals surface area contributed by atoms with Gasteiger partial charge in [0.2, 0.25) is 0 Å². The summed E-state index contributed by atoms with van der Waals surface area (Å²) in [6, 6.07) is 5.53. The molecule has 2 fully saturated rings. The molecule has 1 amide bonds. The molecule has 0 radical (unpaired) electrons. The van der Waals surface area contributed by atoms with Crippen molar-refractivity contribution in [3.63, 3.8) is 0 Å². The fourth-order valence-electron chi connectivity index (χ4n) is 6.16. The first kappa shape index (κ1) is 21.8. The molecular weight excluding hydrogens is 446 g/mol. The van der Waals surface area contributed by atoms with Gasteiger partial charge in [-0.25, -0.2) is 9.97 Å². The highest BCUT2D eigenvalue weighted by Gasteiger charge is 2.37. The van der Waals surface area contributed by atoms with Crippen LogP contribution in [-0.4, -0.2) is 51.5 Å². The second-order valence-electron chi connectivity index (χ2n) is 10.1. The van der Waals surface area contributed by atoms with Crippen molar-refractivity contribution in [1.29, 1.82) is 0 Å². The number of aryl methyl sites for hydroxylation is 1. The molecule has 0 unspecified atom stereocenters. The SMILES string of the molecule is Cc1c(C(=O)N2C[C@@H]3C[C@H](C2)c2cccc(=O)n2C3)sc2ncnc(N3CCCCCCC3)c12. The Morgan fingerprint density at radius 2 is 1.82 bits per heavy atom. The average molecular weight is 478 g/mol. The van der Waals surface area contributed by atoms with Gasteiger partial charge in [-0.05, 0) is 43.7 Å². The highest BCUT2D eigenvalue weighted by Crippen LogP contribution is 2.39. The summed E-state index contributed by atoms with van der Waals surface area (Å²) in [5.74, 6) is 1.63. The maximum absolute atomic E-state index is 13.8. The minimum absolute atomic E-state index is 0.0719. The van der Waals surface area contributed by atoms with Crippen molar-refractivity contribution in [2.45, 2.75) is 57.9 Å². The molecule has 6 rings (SSSR count). The van der Waals surface area contributed by atoms with Gasteiger partial charge in [-0.1, -0.05) is 25.3 Å². The maximum Gasteiger partial charge on any atom is 0.264 e. The van der Waals surface area contributed by atoms with E-state index in [2.05, 4.69) is 16.8 Å². The molecule has 0 saturated carbocycles. The van der Waals surface area contributed by atoms with Gasteiger partial charge in [0.15, 0.2) is 0 Å². The highest BCUT2D eigenvalue weighted by atomic mass is 32.1. The molecule has 3 aromatic rings. The van der Waals surface area contributed by atoms with Gasteiger partial charge in [-0.15, -0.1) is 11.3 Å². The second-order valence-corrected chi connectivity index (χ2v) is 11.1.